The molecule has 1 aliphatic carbocycles. The van der Waals surface area contributed by atoms with Gasteiger partial charge >= 0.3 is 5.97 Å². The summed E-state index contributed by atoms with van der Waals surface area (Å²) in [4.78, 5) is 11.1. The van der Waals surface area contributed by atoms with Crippen LogP contribution in [0.1, 0.15) is 25.3 Å². The van der Waals surface area contributed by atoms with Crippen molar-refractivity contribution in [1.29, 1.82) is 0 Å². The number of benzene rings is 1. The molecule has 1 saturated carbocycles. The number of aliphatic carboxylic acids is 1. The second-order valence-electron chi connectivity index (χ2n) is 4.83. The highest BCUT2D eigenvalue weighted by atomic mass is 32.2. The van der Waals surface area contributed by atoms with E-state index in [0.29, 0.717) is 11.3 Å². The fourth-order valence-corrected chi connectivity index (χ4v) is 3.48. The summed E-state index contributed by atoms with van der Waals surface area (Å²) >= 11 is 0. The highest BCUT2D eigenvalue weighted by Gasteiger charge is 2.36. The van der Waals surface area contributed by atoms with Crippen molar-refractivity contribution in [3.8, 4) is 0 Å². The molecule has 2 rings (SSSR count). The first kappa shape index (κ1) is 13.1. The number of carbonyl (C=O) groups is 1. The largest absolute Gasteiger partial charge is 0.481 e. The molecule has 0 saturated heterocycles. The van der Waals surface area contributed by atoms with Crippen molar-refractivity contribution in [2.24, 2.45) is 5.92 Å². The van der Waals surface area contributed by atoms with Crippen LogP contribution in [0, 0.1) is 5.92 Å². The zero-order valence-electron chi connectivity index (χ0n) is 10.2. The molecule has 0 aliphatic heterocycles. The van der Waals surface area contributed by atoms with E-state index in [1.165, 1.54) is 0 Å². The number of hydrogen-bond acceptors (Lipinski definition) is 3. The van der Waals surface area contributed by atoms with Gasteiger partial charge in [-0.3, -0.25) is 4.79 Å². The lowest BCUT2D eigenvalue weighted by Gasteiger charge is -2.07. The van der Waals surface area contributed by atoms with Gasteiger partial charge in [-0.25, -0.2) is 8.42 Å². The number of carboxylic acid groups (broad SMARTS) is 1. The Labute approximate surface area is 107 Å². The summed E-state index contributed by atoms with van der Waals surface area (Å²) in [5.74, 6) is -1.31. The summed E-state index contributed by atoms with van der Waals surface area (Å²) in [5, 5.41) is 8.61. The van der Waals surface area contributed by atoms with Crippen LogP contribution in [0.2, 0.25) is 0 Å². The van der Waals surface area contributed by atoms with E-state index in [0.717, 1.165) is 18.4 Å². The van der Waals surface area contributed by atoms with E-state index in [4.69, 9.17) is 5.11 Å². The van der Waals surface area contributed by atoms with Crippen LogP contribution < -0.4 is 0 Å². The van der Waals surface area contributed by atoms with Crippen LogP contribution >= 0.6 is 0 Å². The van der Waals surface area contributed by atoms with Gasteiger partial charge in [0.2, 0.25) is 0 Å². The van der Waals surface area contributed by atoms with E-state index in [9.17, 15) is 13.2 Å². The molecule has 1 N–H and O–H groups in total. The molecule has 1 aromatic carbocycles. The van der Waals surface area contributed by atoms with Crippen molar-refractivity contribution in [2.45, 2.75) is 36.3 Å². The molecule has 0 aromatic heterocycles. The predicted molar refractivity (Wildman–Crippen MR) is 67.2 cm³/mol. The van der Waals surface area contributed by atoms with Crippen LogP contribution in [0.25, 0.3) is 0 Å². The van der Waals surface area contributed by atoms with Crippen molar-refractivity contribution in [2.75, 3.05) is 0 Å². The molecule has 1 unspecified atom stereocenters. The summed E-state index contributed by atoms with van der Waals surface area (Å²) < 4.78 is 23.9. The monoisotopic (exact) mass is 268 g/mol. The lowest BCUT2D eigenvalue weighted by molar-refractivity contribution is -0.141. The van der Waals surface area contributed by atoms with E-state index < -0.39 is 21.7 Å². The van der Waals surface area contributed by atoms with E-state index in [-0.39, 0.29) is 5.25 Å². The van der Waals surface area contributed by atoms with Gasteiger partial charge in [-0.05, 0) is 37.0 Å². The normalized spacial score (nSPS) is 17.4. The predicted octanol–water partition coefficient (Wildman–Crippen LogP) is 1.89. The van der Waals surface area contributed by atoms with Gasteiger partial charge in [0.15, 0.2) is 9.84 Å². The molecular formula is C13H16O4S. The van der Waals surface area contributed by atoms with Crippen LogP contribution in [-0.2, 0) is 21.1 Å². The Morgan fingerprint density at radius 2 is 1.89 bits per heavy atom. The molecule has 0 radical (unpaired) electrons. The zero-order chi connectivity index (χ0) is 13.3. The van der Waals surface area contributed by atoms with Gasteiger partial charge in [0.25, 0.3) is 0 Å². The quantitative estimate of drug-likeness (QED) is 0.885. The standard InChI is InChI=1S/C13H16O4S/c1-9(13(14)15)8-10-2-4-11(5-3-10)18(16,17)12-6-7-12/h2-5,9,12H,6-8H2,1H3,(H,14,15). The maximum absolute atomic E-state index is 11.9. The summed E-state index contributed by atoms with van der Waals surface area (Å²) in [7, 11) is -3.14. The van der Waals surface area contributed by atoms with Gasteiger partial charge in [-0.2, -0.15) is 0 Å². The van der Waals surface area contributed by atoms with E-state index in [1.807, 2.05) is 0 Å². The van der Waals surface area contributed by atoms with Gasteiger partial charge < -0.3 is 5.11 Å². The Morgan fingerprint density at radius 1 is 1.33 bits per heavy atom. The number of rotatable bonds is 5. The molecule has 1 aromatic rings. The molecule has 1 aliphatic rings. The van der Waals surface area contributed by atoms with Crippen molar-refractivity contribution >= 4 is 15.8 Å². The maximum atomic E-state index is 11.9. The molecule has 0 spiro atoms. The Balaban J connectivity index is 2.13. The van der Waals surface area contributed by atoms with Gasteiger partial charge in [0, 0.05) is 0 Å². The van der Waals surface area contributed by atoms with E-state index in [2.05, 4.69) is 0 Å². The molecule has 98 valence electrons. The molecule has 18 heavy (non-hydrogen) atoms. The average molecular weight is 268 g/mol. The average Bonchev–Trinajstić information content (AvgIpc) is 3.13. The summed E-state index contributed by atoms with van der Waals surface area (Å²) in [6, 6.07) is 6.57. The Bertz CT molecular complexity index is 541. The second-order valence-corrected chi connectivity index (χ2v) is 7.06. The first-order valence-corrected chi connectivity index (χ1v) is 7.51. The molecule has 5 heteroatoms. The third-order valence-corrected chi connectivity index (χ3v) is 5.46. The first-order chi connectivity index (χ1) is 8.41. The minimum atomic E-state index is -3.14. The van der Waals surface area contributed by atoms with Crippen LogP contribution in [0.4, 0.5) is 0 Å². The lowest BCUT2D eigenvalue weighted by Crippen LogP contribution is -2.12. The molecule has 0 amide bonds. The van der Waals surface area contributed by atoms with Crippen LogP contribution in [-0.4, -0.2) is 24.7 Å². The Kier molecular flexibility index (Phi) is 3.43. The van der Waals surface area contributed by atoms with Gasteiger partial charge in [-0.1, -0.05) is 19.1 Å². The van der Waals surface area contributed by atoms with Crippen molar-refractivity contribution in [1.82, 2.24) is 0 Å². The maximum Gasteiger partial charge on any atom is 0.306 e. The molecule has 1 fully saturated rings. The molecule has 0 bridgehead atoms. The number of hydrogen-bond donors (Lipinski definition) is 1. The van der Waals surface area contributed by atoms with Crippen molar-refractivity contribution in [3.63, 3.8) is 0 Å². The SMILES string of the molecule is CC(Cc1ccc(S(=O)(=O)C2CC2)cc1)C(=O)O. The number of carboxylic acids is 1. The first-order valence-electron chi connectivity index (χ1n) is 5.97. The fraction of sp³-hybridized carbons (Fsp3) is 0.462. The van der Waals surface area contributed by atoms with Crippen LogP contribution in [0.15, 0.2) is 29.2 Å². The summed E-state index contributed by atoms with van der Waals surface area (Å²) in [6.07, 6.45) is 1.92. The molecule has 4 nitrogen and oxygen atoms in total. The minimum absolute atomic E-state index is 0.207. The molecule has 0 heterocycles. The highest BCUT2D eigenvalue weighted by molar-refractivity contribution is 7.92. The summed E-state index contributed by atoms with van der Waals surface area (Å²) in [6.45, 7) is 1.64. The smallest absolute Gasteiger partial charge is 0.306 e. The second kappa shape index (κ2) is 4.72. The van der Waals surface area contributed by atoms with Crippen molar-refractivity contribution < 1.29 is 18.3 Å². The Morgan fingerprint density at radius 3 is 2.33 bits per heavy atom. The van der Waals surface area contributed by atoms with Crippen LogP contribution in [0.3, 0.4) is 0 Å². The number of sulfone groups is 1. The zero-order valence-corrected chi connectivity index (χ0v) is 11.0. The van der Waals surface area contributed by atoms with Gasteiger partial charge in [-0.15, -0.1) is 0 Å². The third-order valence-electron chi connectivity index (χ3n) is 3.18. The van der Waals surface area contributed by atoms with Gasteiger partial charge in [0.05, 0.1) is 16.1 Å². The lowest BCUT2D eigenvalue weighted by atomic mass is 10.0. The minimum Gasteiger partial charge on any atom is -0.481 e. The summed E-state index contributed by atoms with van der Waals surface area (Å²) in [5.41, 5.74) is 0.847. The molecule has 1 atom stereocenters. The Hall–Kier alpha value is -1.36. The third kappa shape index (κ3) is 2.72. The van der Waals surface area contributed by atoms with Crippen molar-refractivity contribution in [3.05, 3.63) is 29.8 Å². The topological polar surface area (TPSA) is 71.4 Å². The van der Waals surface area contributed by atoms with Crippen LogP contribution in [0.5, 0.6) is 0 Å². The van der Waals surface area contributed by atoms with E-state index >= 15 is 0 Å². The fourth-order valence-electron chi connectivity index (χ4n) is 1.83. The van der Waals surface area contributed by atoms with Gasteiger partial charge in [0.1, 0.15) is 0 Å². The molecular weight excluding hydrogens is 252 g/mol. The van der Waals surface area contributed by atoms with E-state index in [1.54, 1.807) is 31.2 Å². The highest BCUT2D eigenvalue weighted by Crippen LogP contribution is 2.33.